The summed E-state index contributed by atoms with van der Waals surface area (Å²) in [7, 11) is 1.35. The number of hydrogen-bond acceptors (Lipinski definition) is 3. The van der Waals surface area contributed by atoms with Crippen molar-refractivity contribution >= 4 is 11.9 Å². The Labute approximate surface area is 112 Å². The van der Waals surface area contributed by atoms with Crippen molar-refractivity contribution in [2.75, 3.05) is 7.11 Å². The normalized spacial score (nSPS) is 11.1. The number of carbonyl (C=O) groups excluding carboxylic acids is 2. The van der Waals surface area contributed by atoms with Gasteiger partial charge >= 0.3 is 5.97 Å². The molecule has 1 N–H and O–H groups in total. The van der Waals surface area contributed by atoms with Crippen LogP contribution in [0.1, 0.15) is 22.8 Å². The number of hydrogen-bond donors (Lipinski definition) is 1. The zero-order valence-corrected chi connectivity index (χ0v) is 11.1. The summed E-state index contributed by atoms with van der Waals surface area (Å²) in [6.07, 6.45) is 1.94. The molecule has 0 saturated carbocycles. The number of esters is 1. The van der Waals surface area contributed by atoms with Crippen LogP contribution < -0.4 is 5.32 Å². The number of rotatable bonds is 5. The topological polar surface area (TPSA) is 55.4 Å². The Morgan fingerprint density at radius 3 is 2.58 bits per heavy atom. The molecule has 100 valence electrons. The minimum Gasteiger partial charge on any atom is -0.465 e. The fourth-order valence-electron chi connectivity index (χ4n) is 1.68. The van der Waals surface area contributed by atoms with Gasteiger partial charge in [-0.05, 0) is 31.0 Å². The van der Waals surface area contributed by atoms with E-state index in [0.717, 1.165) is 5.56 Å². The lowest BCUT2D eigenvalue weighted by molar-refractivity contribution is -0.117. The van der Waals surface area contributed by atoms with Crippen molar-refractivity contribution in [3.63, 3.8) is 0 Å². The predicted octanol–water partition coefficient (Wildman–Crippen LogP) is 1.86. The molecule has 0 aliphatic carbocycles. The first-order valence-corrected chi connectivity index (χ1v) is 5.90. The summed E-state index contributed by atoms with van der Waals surface area (Å²) in [5.41, 5.74) is 3.97. The molecular formula is C15H17NO3. The minimum absolute atomic E-state index is 0.0129. The summed E-state index contributed by atoms with van der Waals surface area (Å²) in [5, 5.41) is 2.79. The fourth-order valence-corrected chi connectivity index (χ4v) is 1.68. The Balaban J connectivity index is 2.60. The van der Waals surface area contributed by atoms with Gasteiger partial charge in [0.1, 0.15) is 0 Å². The maximum atomic E-state index is 11.3. The molecule has 0 spiro atoms. The molecule has 0 aliphatic heterocycles. The van der Waals surface area contributed by atoms with Gasteiger partial charge in [-0.15, -0.1) is 5.73 Å². The molecule has 0 fully saturated rings. The third-order valence-electron chi connectivity index (χ3n) is 2.54. The van der Waals surface area contributed by atoms with Crippen LogP contribution in [0.25, 0.3) is 0 Å². The van der Waals surface area contributed by atoms with Crippen molar-refractivity contribution in [2.24, 2.45) is 0 Å². The lowest BCUT2D eigenvalue weighted by Crippen LogP contribution is -2.32. The maximum Gasteiger partial charge on any atom is 0.337 e. The third kappa shape index (κ3) is 4.82. The second kappa shape index (κ2) is 7.19. The van der Waals surface area contributed by atoms with Crippen molar-refractivity contribution in [1.82, 2.24) is 5.32 Å². The Bertz CT molecular complexity index is 499. The van der Waals surface area contributed by atoms with E-state index in [1.54, 1.807) is 12.1 Å². The number of nitrogens with one attached hydrogen (secondary N) is 1. The van der Waals surface area contributed by atoms with Gasteiger partial charge in [0.15, 0.2) is 0 Å². The van der Waals surface area contributed by atoms with E-state index in [2.05, 4.69) is 22.4 Å². The third-order valence-corrected chi connectivity index (χ3v) is 2.54. The van der Waals surface area contributed by atoms with Crippen LogP contribution in [-0.4, -0.2) is 25.0 Å². The summed E-state index contributed by atoms with van der Waals surface area (Å²) in [6.45, 7) is 5.25. The van der Waals surface area contributed by atoms with E-state index in [4.69, 9.17) is 0 Å². The highest BCUT2D eigenvalue weighted by molar-refractivity contribution is 5.89. The quantitative estimate of drug-likeness (QED) is 0.499. The summed E-state index contributed by atoms with van der Waals surface area (Å²) in [5.74, 6) is -0.572. The Morgan fingerprint density at radius 1 is 1.42 bits per heavy atom. The van der Waals surface area contributed by atoms with Crippen LogP contribution in [0, 0.1) is 0 Å². The molecular weight excluding hydrogens is 242 g/mol. The molecule has 4 nitrogen and oxygen atoms in total. The van der Waals surface area contributed by atoms with Crippen molar-refractivity contribution in [3.05, 3.63) is 53.8 Å². The Hall–Kier alpha value is -2.32. The highest BCUT2D eigenvalue weighted by Crippen LogP contribution is 2.08. The molecule has 0 aromatic heterocycles. The SMILES string of the molecule is C=C=CC(=O)NC(C)Cc1ccc(C(=O)OC)cc1. The molecule has 0 bridgehead atoms. The van der Waals surface area contributed by atoms with E-state index in [-0.39, 0.29) is 17.9 Å². The van der Waals surface area contributed by atoms with Gasteiger partial charge < -0.3 is 10.1 Å². The number of benzene rings is 1. The van der Waals surface area contributed by atoms with Crippen LogP contribution in [0.3, 0.4) is 0 Å². The molecule has 0 radical (unpaired) electrons. The molecule has 0 aliphatic rings. The van der Waals surface area contributed by atoms with E-state index < -0.39 is 0 Å². The van der Waals surface area contributed by atoms with Crippen LogP contribution >= 0.6 is 0 Å². The highest BCUT2D eigenvalue weighted by Gasteiger charge is 2.08. The van der Waals surface area contributed by atoms with E-state index in [9.17, 15) is 9.59 Å². The molecule has 0 heterocycles. The van der Waals surface area contributed by atoms with Gasteiger partial charge in [0.05, 0.1) is 12.7 Å². The van der Waals surface area contributed by atoms with Crippen LogP contribution in [0.2, 0.25) is 0 Å². The Kier molecular flexibility index (Phi) is 5.58. The average Bonchev–Trinajstić information content (AvgIpc) is 2.38. The highest BCUT2D eigenvalue weighted by atomic mass is 16.5. The fraction of sp³-hybridized carbons (Fsp3) is 0.267. The summed E-state index contributed by atoms with van der Waals surface area (Å²) < 4.78 is 4.62. The molecule has 1 aromatic carbocycles. The van der Waals surface area contributed by atoms with Crippen LogP contribution in [0.15, 0.2) is 42.7 Å². The number of carbonyl (C=O) groups is 2. The lowest BCUT2D eigenvalue weighted by atomic mass is 10.1. The second-order valence-electron chi connectivity index (χ2n) is 4.15. The predicted molar refractivity (Wildman–Crippen MR) is 72.8 cm³/mol. The summed E-state index contributed by atoms with van der Waals surface area (Å²) in [6, 6.07) is 7.09. The monoisotopic (exact) mass is 259 g/mol. The van der Waals surface area contributed by atoms with E-state index in [1.807, 2.05) is 19.1 Å². The summed E-state index contributed by atoms with van der Waals surface area (Å²) >= 11 is 0. The zero-order valence-electron chi connectivity index (χ0n) is 11.1. The molecule has 1 amide bonds. The standard InChI is InChI=1S/C15H17NO3/c1-4-5-14(17)16-11(2)10-12-6-8-13(9-7-12)15(18)19-3/h5-9,11H,1,10H2,2-3H3,(H,16,17). The first-order chi connectivity index (χ1) is 9.06. The molecule has 19 heavy (non-hydrogen) atoms. The van der Waals surface area contributed by atoms with Gasteiger partial charge in [0, 0.05) is 12.1 Å². The van der Waals surface area contributed by atoms with E-state index in [1.165, 1.54) is 13.2 Å². The molecule has 1 rings (SSSR count). The number of ether oxygens (including phenoxy) is 1. The van der Waals surface area contributed by atoms with Crippen LogP contribution in [0.5, 0.6) is 0 Å². The Morgan fingerprint density at radius 2 is 2.05 bits per heavy atom. The maximum absolute atomic E-state index is 11.3. The average molecular weight is 259 g/mol. The van der Waals surface area contributed by atoms with Crippen LogP contribution in [0.4, 0.5) is 0 Å². The van der Waals surface area contributed by atoms with Gasteiger partial charge in [-0.1, -0.05) is 18.7 Å². The molecule has 0 saturated heterocycles. The van der Waals surface area contributed by atoms with Gasteiger partial charge in [0.2, 0.25) is 0 Å². The smallest absolute Gasteiger partial charge is 0.337 e. The van der Waals surface area contributed by atoms with Crippen LogP contribution in [-0.2, 0) is 16.0 Å². The number of amides is 1. The van der Waals surface area contributed by atoms with Gasteiger partial charge in [-0.25, -0.2) is 4.79 Å². The molecule has 1 unspecified atom stereocenters. The lowest BCUT2D eigenvalue weighted by Gasteiger charge is -2.12. The van der Waals surface area contributed by atoms with Gasteiger partial charge in [-0.3, -0.25) is 4.79 Å². The first kappa shape index (κ1) is 14.7. The largest absolute Gasteiger partial charge is 0.465 e. The van der Waals surface area contributed by atoms with Crippen molar-refractivity contribution in [1.29, 1.82) is 0 Å². The van der Waals surface area contributed by atoms with Crippen molar-refractivity contribution in [3.8, 4) is 0 Å². The van der Waals surface area contributed by atoms with Gasteiger partial charge in [-0.2, -0.15) is 0 Å². The summed E-state index contributed by atoms with van der Waals surface area (Å²) in [4.78, 5) is 22.6. The van der Waals surface area contributed by atoms with Gasteiger partial charge in [0.25, 0.3) is 5.91 Å². The molecule has 1 aromatic rings. The van der Waals surface area contributed by atoms with E-state index >= 15 is 0 Å². The first-order valence-electron chi connectivity index (χ1n) is 5.90. The number of methoxy groups -OCH3 is 1. The zero-order chi connectivity index (χ0) is 14.3. The van der Waals surface area contributed by atoms with Crippen molar-refractivity contribution < 1.29 is 14.3 Å². The minimum atomic E-state index is -0.357. The van der Waals surface area contributed by atoms with E-state index in [0.29, 0.717) is 12.0 Å². The van der Waals surface area contributed by atoms with Crippen molar-refractivity contribution in [2.45, 2.75) is 19.4 Å². The molecule has 1 atom stereocenters. The molecule has 4 heteroatoms. The second-order valence-corrected chi connectivity index (χ2v) is 4.15.